The van der Waals surface area contributed by atoms with Gasteiger partial charge in [0.25, 0.3) is 10.0 Å². The van der Waals surface area contributed by atoms with E-state index in [0.717, 1.165) is 42.1 Å². The highest BCUT2D eigenvalue weighted by Gasteiger charge is 2.25. The molecule has 146 valence electrons. The molecule has 0 radical (unpaired) electrons. The molecule has 3 rings (SSSR count). The lowest BCUT2D eigenvalue weighted by atomic mass is 10.2. The molecule has 1 aliphatic heterocycles. The molecule has 0 aliphatic carbocycles. The highest BCUT2D eigenvalue weighted by atomic mass is 35.5. The minimum atomic E-state index is -3.94. The van der Waals surface area contributed by atoms with Crippen LogP contribution in [0.4, 0.5) is 17.1 Å². The number of anilines is 3. The molecular weight excluding hydrogens is 388 g/mol. The molecule has 27 heavy (non-hydrogen) atoms. The maximum atomic E-state index is 12.9. The summed E-state index contributed by atoms with van der Waals surface area (Å²) in [5.41, 5.74) is 7.74. The number of benzene rings is 2. The lowest BCUT2D eigenvalue weighted by Gasteiger charge is -2.24. The molecular formula is C18H23ClN4O3S. The lowest BCUT2D eigenvalue weighted by molar-refractivity contribution is 0.415. The van der Waals surface area contributed by atoms with Gasteiger partial charge in [0.2, 0.25) is 0 Å². The Hall–Kier alpha value is -2.16. The summed E-state index contributed by atoms with van der Waals surface area (Å²) in [6.07, 6.45) is 1.01. The lowest BCUT2D eigenvalue weighted by Crippen LogP contribution is -2.28. The topological polar surface area (TPSA) is 87.9 Å². The van der Waals surface area contributed by atoms with Crippen molar-refractivity contribution >= 4 is 38.9 Å². The summed E-state index contributed by atoms with van der Waals surface area (Å²) in [6.45, 7) is 3.53. The second-order valence-electron chi connectivity index (χ2n) is 6.23. The first-order valence-electron chi connectivity index (χ1n) is 8.64. The molecule has 0 bridgehead atoms. The van der Waals surface area contributed by atoms with Gasteiger partial charge in [0.15, 0.2) is 0 Å². The molecule has 0 spiro atoms. The summed E-state index contributed by atoms with van der Waals surface area (Å²) in [4.78, 5) is 2.20. The Bertz CT molecular complexity index is 882. The zero-order valence-electron chi connectivity index (χ0n) is 15.1. The van der Waals surface area contributed by atoms with Gasteiger partial charge in [-0.2, -0.15) is 12.2 Å². The number of nitrogen functional groups attached to an aromatic ring is 1. The largest absolute Gasteiger partial charge is 0.497 e. The number of nitrogens with zero attached hydrogens (tertiary/aromatic N) is 2. The van der Waals surface area contributed by atoms with Crippen molar-refractivity contribution in [3.63, 3.8) is 0 Å². The number of hydrogen-bond acceptors (Lipinski definition) is 6. The first-order chi connectivity index (χ1) is 12.9. The predicted octanol–water partition coefficient (Wildman–Crippen LogP) is 2.43. The van der Waals surface area contributed by atoms with Crippen molar-refractivity contribution in [3.05, 3.63) is 42.5 Å². The van der Waals surface area contributed by atoms with Crippen LogP contribution >= 0.6 is 11.8 Å². The quantitative estimate of drug-likeness (QED) is 0.581. The average molecular weight is 411 g/mol. The molecule has 2 aromatic rings. The van der Waals surface area contributed by atoms with Crippen LogP contribution in [0.15, 0.2) is 47.4 Å². The Morgan fingerprint density at radius 3 is 2.56 bits per heavy atom. The number of methoxy groups -OCH3 is 1. The van der Waals surface area contributed by atoms with E-state index in [1.54, 1.807) is 30.3 Å². The van der Waals surface area contributed by atoms with Crippen LogP contribution in [-0.4, -0.2) is 41.7 Å². The summed E-state index contributed by atoms with van der Waals surface area (Å²) < 4.78 is 31.5. The Balaban J connectivity index is 1.86. The van der Waals surface area contributed by atoms with Gasteiger partial charge in [-0.3, -0.25) is 0 Å². The molecule has 1 saturated heterocycles. The molecule has 0 atom stereocenters. The highest BCUT2D eigenvalue weighted by molar-refractivity contribution is 7.94. The van der Waals surface area contributed by atoms with Crippen LogP contribution in [0.3, 0.4) is 0 Å². The van der Waals surface area contributed by atoms with Gasteiger partial charge in [0, 0.05) is 31.4 Å². The first kappa shape index (κ1) is 19.6. The Labute approximate surface area is 164 Å². The van der Waals surface area contributed by atoms with Gasteiger partial charge in [-0.15, -0.1) is 0 Å². The summed E-state index contributed by atoms with van der Waals surface area (Å²) in [5.74, 6) is 0.613. The van der Waals surface area contributed by atoms with Crippen LogP contribution in [0, 0.1) is 0 Å². The molecule has 3 N–H and O–H groups in total. The van der Waals surface area contributed by atoms with Crippen LogP contribution in [-0.2, 0) is 10.0 Å². The third-order valence-corrected chi connectivity index (χ3v) is 6.69. The van der Waals surface area contributed by atoms with E-state index in [4.69, 9.17) is 22.2 Å². The van der Waals surface area contributed by atoms with E-state index in [2.05, 4.69) is 10.2 Å². The molecule has 1 fully saturated rings. The third kappa shape index (κ3) is 4.23. The zero-order valence-corrected chi connectivity index (χ0v) is 16.6. The monoisotopic (exact) mass is 410 g/mol. The number of rotatable bonds is 5. The number of halogens is 1. The average Bonchev–Trinajstić information content (AvgIpc) is 2.96. The molecule has 0 saturated carbocycles. The molecule has 9 heteroatoms. The molecule has 1 aliphatic rings. The number of sulfonamides is 1. The van der Waals surface area contributed by atoms with E-state index < -0.39 is 10.0 Å². The van der Waals surface area contributed by atoms with Gasteiger partial charge in [0.05, 0.1) is 29.1 Å². The second kappa shape index (κ2) is 8.24. The molecule has 0 unspecified atom stereocenters. The van der Waals surface area contributed by atoms with Gasteiger partial charge in [-0.1, -0.05) is 0 Å². The molecule has 0 aromatic heterocycles. The maximum Gasteiger partial charge on any atom is 0.278 e. The Morgan fingerprint density at radius 1 is 1.15 bits per heavy atom. The third-order valence-electron chi connectivity index (χ3n) is 4.46. The minimum absolute atomic E-state index is 0.0440. The van der Waals surface area contributed by atoms with E-state index >= 15 is 0 Å². The minimum Gasteiger partial charge on any atom is -0.497 e. The number of hydrogen-bond donors (Lipinski definition) is 2. The van der Waals surface area contributed by atoms with Crippen molar-refractivity contribution in [1.29, 1.82) is 0 Å². The normalized spacial score (nSPS) is 15.3. The smallest absolute Gasteiger partial charge is 0.278 e. The van der Waals surface area contributed by atoms with E-state index in [9.17, 15) is 8.42 Å². The van der Waals surface area contributed by atoms with Gasteiger partial charge >= 0.3 is 0 Å². The van der Waals surface area contributed by atoms with E-state index in [1.807, 2.05) is 0 Å². The zero-order chi connectivity index (χ0) is 19.4. The standard InChI is InChI=1S/C18H23ClN4O3S/c1-26-15-5-3-14(4-6-15)23(19)27(24,25)16-7-8-18(17(20)13-16)22-11-2-9-21-10-12-22/h3-8,13,21H,2,9-12,20H2,1H3. The molecule has 2 aromatic carbocycles. The fourth-order valence-corrected chi connectivity index (χ4v) is 4.45. The second-order valence-corrected chi connectivity index (χ2v) is 8.55. The maximum absolute atomic E-state index is 12.9. The predicted molar refractivity (Wildman–Crippen MR) is 109 cm³/mol. The van der Waals surface area contributed by atoms with Crippen LogP contribution in [0.25, 0.3) is 0 Å². The summed E-state index contributed by atoms with van der Waals surface area (Å²) >= 11 is 6.14. The first-order valence-corrected chi connectivity index (χ1v) is 10.4. The van der Waals surface area contributed by atoms with E-state index in [-0.39, 0.29) is 4.90 Å². The Morgan fingerprint density at radius 2 is 1.89 bits per heavy atom. The fraction of sp³-hybridized carbons (Fsp3) is 0.333. The number of ether oxygens (including phenoxy) is 1. The van der Waals surface area contributed by atoms with E-state index in [1.165, 1.54) is 19.2 Å². The number of nitrogens with two attached hydrogens (primary N) is 1. The summed E-state index contributed by atoms with van der Waals surface area (Å²) in [5, 5.41) is 3.33. The van der Waals surface area contributed by atoms with Gasteiger partial charge in [-0.25, -0.2) is 0 Å². The SMILES string of the molecule is COc1ccc(N(Cl)S(=O)(=O)c2ccc(N3CCCNCC3)c(N)c2)cc1. The van der Waals surface area contributed by atoms with Crippen molar-refractivity contribution in [1.82, 2.24) is 5.32 Å². The van der Waals surface area contributed by atoms with Gasteiger partial charge in [-0.05, 0) is 55.4 Å². The van der Waals surface area contributed by atoms with Crippen LogP contribution in [0.2, 0.25) is 0 Å². The Kier molecular flexibility index (Phi) is 5.98. The molecule has 1 heterocycles. The van der Waals surface area contributed by atoms with Crippen molar-refractivity contribution in [2.24, 2.45) is 0 Å². The van der Waals surface area contributed by atoms with Crippen molar-refractivity contribution in [3.8, 4) is 5.75 Å². The van der Waals surface area contributed by atoms with Crippen molar-refractivity contribution < 1.29 is 13.2 Å². The molecule has 7 nitrogen and oxygen atoms in total. The van der Waals surface area contributed by atoms with Crippen LogP contribution in [0.5, 0.6) is 5.75 Å². The van der Waals surface area contributed by atoms with Crippen LogP contribution < -0.4 is 24.5 Å². The molecule has 0 amide bonds. The summed E-state index contributed by atoms with van der Waals surface area (Å²) in [7, 11) is -2.41. The van der Waals surface area contributed by atoms with Crippen molar-refractivity contribution in [2.45, 2.75) is 11.3 Å². The fourth-order valence-electron chi connectivity index (χ4n) is 3.00. The summed E-state index contributed by atoms with van der Waals surface area (Å²) in [6, 6.07) is 11.2. The van der Waals surface area contributed by atoms with Gasteiger partial charge in [0.1, 0.15) is 5.75 Å². The van der Waals surface area contributed by atoms with E-state index in [0.29, 0.717) is 17.1 Å². The van der Waals surface area contributed by atoms with Crippen LogP contribution in [0.1, 0.15) is 6.42 Å². The number of nitrogens with one attached hydrogen (secondary N) is 1. The van der Waals surface area contributed by atoms with Gasteiger partial charge < -0.3 is 20.7 Å². The van der Waals surface area contributed by atoms with Crippen molar-refractivity contribution in [2.75, 3.05) is 47.7 Å². The highest BCUT2D eigenvalue weighted by Crippen LogP contribution is 2.31.